The second-order valence-electron chi connectivity index (χ2n) is 10.8. The maximum Gasteiger partial charge on any atom is 2.00 e. The molecule has 1 N–H and O–H groups in total. The van der Waals surface area contributed by atoms with Gasteiger partial charge in [0, 0.05) is 21.1 Å². The maximum atomic E-state index is 10.6. The molecule has 0 fully saturated rings. The van der Waals surface area contributed by atoms with E-state index in [1.54, 1.807) is 54.8 Å². The molecule has 3 heterocycles. The molecule has 6 aromatic rings. The Balaban J connectivity index is 0.000000276. The van der Waals surface area contributed by atoms with E-state index in [-0.39, 0.29) is 40.0 Å². The molecule has 3 aromatic heterocycles. The fourth-order valence-electron chi connectivity index (χ4n) is 4.48. The second kappa shape index (κ2) is 23.2. The van der Waals surface area contributed by atoms with Crippen molar-refractivity contribution in [2.24, 2.45) is 0 Å². The molecule has 0 atom stereocenters. The predicted octanol–water partition coefficient (Wildman–Crippen LogP) is 3.58. The average molecular weight is 930 g/mol. The molecule has 54 heavy (non-hydrogen) atoms. The van der Waals surface area contributed by atoms with E-state index >= 15 is 0 Å². The zero-order valence-corrected chi connectivity index (χ0v) is 36.0. The molecule has 0 radical (unpaired) electrons. The Morgan fingerprint density at radius 3 is 1.35 bits per heavy atom. The summed E-state index contributed by atoms with van der Waals surface area (Å²) < 4.78 is 0. The number of nitrogens with zero attached hydrogens (tertiary/aromatic N) is 12. The zero-order valence-electron chi connectivity index (χ0n) is 29.1. The van der Waals surface area contributed by atoms with E-state index in [0.717, 1.165) is 39.5 Å². The molecule has 20 heteroatoms. The third-order valence-electron chi connectivity index (χ3n) is 6.74. The Hall–Kier alpha value is -3.84. The molecule has 0 saturated carbocycles. The van der Waals surface area contributed by atoms with Gasteiger partial charge in [-0.05, 0) is 100 Å². The summed E-state index contributed by atoms with van der Waals surface area (Å²) in [4.78, 5) is 16.9. The average Bonchev–Trinajstić information content (AvgIpc) is 3.83. The first-order chi connectivity index (χ1) is 24.9. The van der Waals surface area contributed by atoms with Crippen LogP contribution < -0.4 is 17.0 Å². The molecular formula is C34H31Br2Cl3MgN12O2. The van der Waals surface area contributed by atoms with E-state index < -0.39 is 5.97 Å². The van der Waals surface area contributed by atoms with Crippen LogP contribution in [0, 0.1) is 27.4 Å². The summed E-state index contributed by atoms with van der Waals surface area (Å²) in [5.41, 5.74) is 5.57. The number of aromatic nitrogens is 12. The Morgan fingerprint density at radius 1 is 0.685 bits per heavy atom. The van der Waals surface area contributed by atoms with Crippen molar-refractivity contribution < 1.29 is 26.9 Å². The fraction of sp³-hybridized carbons (Fsp3) is 0.176. The third kappa shape index (κ3) is 15.1. The van der Waals surface area contributed by atoms with Gasteiger partial charge in [-0.1, -0.05) is 80.6 Å². The monoisotopic (exact) mass is 926 g/mol. The predicted molar refractivity (Wildman–Crippen MR) is 208 cm³/mol. The van der Waals surface area contributed by atoms with E-state index in [0.29, 0.717) is 52.2 Å². The van der Waals surface area contributed by atoms with Gasteiger partial charge in [-0.3, -0.25) is 6.58 Å². The van der Waals surface area contributed by atoms with Crippen LogP contribution in [0.15, 0.2) is 65.7 Å². The summed E-state index contributed by atoms with van der Waals surface area (Å²) in [5, 5.41) is 46.0. The number of aliphatic carboxylic acids is 1. The minimum absolute atomic E-state index is 0. The first kappa shape index (κ1) is 46.3. The van der Waals surface area contributed by atoms with Crippen molar-refractivity contribution in [2.75, 3.05) is 0 Å². The van der Waals surface area contributed by atoms with Gasteiger partial charge in [-0.2, -0.15) is 20.0 Å². The number of hydrogen-bond acceptors (Lipinski definition) is 10. The van der Waals surface area contributed by atoms with Crippen LogP contribution in [0.3, 0.4) is 0 Å². The molecule has 14 nitrogen and oxygen atoms in total. The molecule has 276 valence electrons. The molecular weight excluding hydrogens is 899 g/mol. The molecule has 0 saturated heterocycles. The van der Waals surface area contributed by atoms with E-state index in [4.69, 9.17) is 46.5 Å². The SMILES string of the molecule is Cc1nnn(Cc2cc(Cl)ccc2/C=C/Br)n1.Cc1nnn(Cc2cc(Cl)ccc2/C=C/C(=O)O)n1.[Br-].[CH-]=Cc1ccc(Cl)cc1Cn1nnc(C)n1.[Mg+2]. The Labute approximate surface area is 361 Å². The smallest absolute Gasteiger partial charge is 1.00 e. The molecule has 0 unspecified atom stereocenters. The van der Waals surface area contributed by atoms with Crippen LogP contribution >= 0.6 is 50.7 Å². The molecule has 0 spiro atoms. The minimum Gasteiger partial charge on any atom is -1.00 e. The number of aryl methyl sites for hydroxylation is 3. The van der Waals surface area contributed by atoms with Crippen molar-refractivity contribution in [1.29, 1.82) is 0 Å². The van der Waals surface area contributed by atoms with Crippen molar-refractivity contribution in [3.63, 3.8) is 0 Å². The Morgan fingerprint density at radius 2 is 1.04 bits per heavy atom. The van der Waals surface area contributed by atoms with Gasteiger partial charge in [-0.15, -0.1) is 36.7 Å². The number of hydrogen-bond donors (Lipinski definition) is 1. The van der Waals surface area contributed by atoms with Gasteiger partial charge in [0.1, 0.15) is 0 Å². The van der Waals surface area contributed by atoms with Gasteiger partial charge in [0.25, 0.3) is 0 Å². The summed E-state index contributed by atoms with van der Waals surface area (Å²) in [5.74, 6) is 0.866. The van der Waals surface area contributed by atoms with Gasteiger partial charge < -0.3 is 22.1 Å². The minimum atomic E-state index is -1.00. The largest absolute Gasteiger partial charge is 2.00 e. The summed E-state index contributed by atoms with van der Waals surface area (Å²) in [6, 6.07) is 16.4. The molecule has 0 bridgehead atoms. The fourth-order valence-corrected chi connectivity index (χ4v) is 5.35. The molecule has 0 amide bonds. The van der Waals surface area contributed by atoms with Crippen LogP contribution in [-0.4, -0.2) is 94.8 Å². The summed E-state index contributed by atoms with van der Waals surface area (Å²) in [7, 11) is 0. The van der Waals surface area contributed by atoms with E-state index in [2.05, 4.69) is 62.2 Å². The van der Waals surface area contributed by atoms with Crippen LogP contribution in [0.2, 0.25) is 15.1 Å². The Kier molecular flexibility index (Phi) is 19.9. The van der Waals surface area contributed by atoms with Crippen LogP contribution in [0.25, 0.3) is 18.2 Å². The molecule has 6 rings (SSSR count). The second-order valence-corrected chi connectivity index (χ2v) is 12.6. The summed E-state index contributed by atoms with van der Waals surface area (Å²) >= 11 is 21.1. The van der Waals surface area contributed by atoms with Crippen LogP contribution in [0.5, 0.6) is 0 Å². The number of rotatable bonds is 10. The topological polar surface area (TPSA) is 168 Å². The summed E-state index contributed by atoms with van der Waals surface area (Å²) in [6.45, 7) is 12.3. The number of halogens is 5. The van der Waals surface area contributed by atoms with Crippen molar-refractivity contribution >= 4 is 98.0 Å². The van der Waals surface area contributed by atoms with Crippen molar-refractivity contribution in [2.45, 2.75) is 40.4 Å². The molecule has 0 aliphatic carbocycles. The zero-order chi connectivity index (χ0) is 37.6. The van der Waals surface area contributed by atoms with Gasteiger partial charge in [-0.25, -0.2) is 10.9 Å². The van der Waals surface area contributed by atoms with E-state index in [9.17, 15) is 4.79 Å². The van der Waals surface area contributed by atoms with E-state index in [1.165, 1.54) is 21.7 Å². The van der Waals surface area contributed by atoms with Gasteiger partial charge in [0.05, 0.1) is 19.6 Å². The number of carboxylic acid groups (broad SMARTS) is 1. The van der Waals surface area contributed by atoms with Crippen LogP contribution in [0.4, 0.5) is 0 Å². The van der Waals surface area contributed by atoms with Crippen molar-refractivity contribution in [3.05, 3.63) is 138 Å². The normalized spacial score (nSPS) is 10.5. The number of carboxylic acids is 1. The Bertz CT molecular complexity index is 2210. The first-order valence-electron chi connectivity index (χ1n) is 15.2. The van der Waals surface area contributed by atoms with Gasteiger partial charge in [0.15, 0.2) is 17.5 Å². The number of tetrazole rings is 3. The van der Waals surface area contributed by atoms with Crippen LogP contribution in [0.1, 0.15) is 50.9 Å². The number of benzene rings is 3. The quantitative estimate of drug-likeness (QED) is 0.121. The molecule has 3 aromatic carbocycles. The summed E-state index contributed by atoms with van der Waals surface area (Å²) in [6.07, 6.45) is 6.08. The van der Waals surface area contributed by atoms with E-state index in [1.807, 2.05) is 36.4 Å². The van der Waals surface area contributed by atoms with Gasteiger partial charge in [0.2, 0.25) is 0 Å². The first-order valence-corrected chi connectivity index (χ1v) is 17.3. The standard InChI is InChI=1S/C12H11ClN4O2.C11H10BrClN4.C11H10ClN4.BrH.Mg/c1-8-14-16-17(15-8)7-10-6-11(13)4-2-9(10)3-5-12(18)19;1-8-14-16-17(15-8)7-10-6-11(13)3-2-9(10)4-5-12;1-3-9-4-5-11(12)6-10(9)7-16-14-8(2)13-15-16;;/h2-6H,7H2,1H3,(H,18,19);2-6H,7H2,1H3;1,3-6H,7H2,2H3;1H;/q;;-1;;+2/p-1/b5-3+;5-4+;;;. The molecule has 0 aliphatic heterocycles. The van der Waals surface area contributed by atoms with Crippen molar-refractivity contribution in [1.82, 2.24) is 60.6 Å². The molecule has 0 aliphatic rings. The van der Waals surface area contributed by atoms with Crippen molar-refractivity contribution in [3.8, 4) is 0 Å². The van der Waals surface area contributed by atoms with Crippen LogP contribution in [-0.2, 0) is 24.4 Å². The van der Waals surface area contributed by atoms with Gasteiger partial charge >= 0.3 is 29.0 Å². The number of carbonyl (C=O) groups is 1. The maximum absolute atomic E-state index is 10.6. The third-order valence-corrected chi connectivity index (χ3v) is 7.71.